The Labute approximate surface area is 171 Å². The van der Waals surface area contributed by atoms with Crippen LogP contribution in [0.3, 0.4) is 0 Å². The average Bonchev–Trinajstić information content (AvgIpc) is 2.97. The van der Waals surface area contributed by atoms with Crippen LogP contribution in [-0.4, -0.2) is 36.5 Å². The van der Waals surface area contributed by atoms with E-state index < -0.39 is 11.6 Å². The Balaban J connectivity index is 0.00000225. The maximum atomic E-state index is 13.7. The third-order valence-corrected chi connectivity index (χ3v) is 7.05. The average molecular weight is 414 g/mol. The van der Waals surface area contributed by atoms with Crippen LogP contribution in [0, 0.1) is 29.4 Å². The Morgan fingerprint density at radius 3 is 2.46 bits per heavy atom. The van der Waals surface area contributed by atoms with E-state index in [0.717, 1.165) is 38.6 Å². The molecule has 1 aromatic carbocycles. The Hall–Kier alpha value is -1.24. The van der Waals surface area contributed by atoms with Crippen molar-refractivity contribution in [3.05, 3.63) is 35.4 Å². The summed E-state index contributed by atoms with van der Waals surface area (Å²) in [7, 11) is 1.96. The number of amides is 1. The quantitative estimate of drug-likeness (QED) is 0.798. The number of nitrogens with zero attached hydrogens (tertiary/aromatic N) is 1. The zero-order valence-electron chi connectivity index (χ0n) is 16.2. The molecule has 1 aliphatic heterocycles. The number of hydrogen-bond acceptors (Lipinski definition) is 3. The molecule has 28 heavy (non-hydrogen) atoms. The van der Waals surface area contributed by atoms with Crippen LogP contribution in [-0.2, 0) is 4.79 Å². The SMILES string of the molecule is CN1CCC(NC(=O)C2CC3CCCC(C2)C3N)C1c1ccc(F)c(F)c1.Cl. The van der Waals surface area contributed by atoms with Gasteiger partial charge in [0.05, 0.1) is 6.04 Å². The normalized spacial score (nSPS) is 35.3. The molecule has 1 amide bonds. The van der Waals surface area contributed by atoms with Gasteiger partial charge < -0.3 is 11.1 Å². The second kappa shape index (κ2) is 8.64. The summed E-state index contributed by atoms with van der Waals surface area (Å²) in [6.07, 6.45) is 6.05. The summed E-state index contributed by atoms with van der Waals surface area (Å²) in [6, 6.07) is 4.07. The minimum absolute atomic E-state index is 0. The maximum absolute atomic E-state index is 13.7. The number of carbonyl (C=O) groups is 1. The molecule has 1 saturated heterocycles. The number of halogens is 3. The van der Waals surface area contributed by atoms with Crippen molar-refractivity contribution >= 4 is 18.3 Å². The van der Waals surface area contributed by atoms with Crippen LogP contribution in [0.2, 0.25) is 0 Å². The van der Waals surface area contributed by atoms with Crippen LogP contribution in [0.4, 0.5) is 8.78 Å². The lowest BCUT2D eigenvalue weighted by Gasteiger charge is -2.43. The number of nitrogens with two attached hydrogens (primary N) is 1. The smallest absolute Gasteiger partial charge is 0.223 e. The van der Waals surface area contributed by atoms with Crippen molar-refractivity contribution in [3.8, 4) is 0 Å². The van der Waals surface area contributed by atoms with Gasteiger partial charge in [0.2, 0.25) is 5.91 Å². The van der Waals surface area contributed by atoms with E-state index in [9.17, 15) is 13.6 Å². The summed E-state index contributed by atoms with van der Waals surface area (Å²) >= 11 is 0. The molecule has 0 radical (unpaired) electrons. The first-order chi connectivity index (χ1) is 12.9. The van der Waals surface area contributed by atoms with Crippen molar-refractivity contribution in [1.82, 2.24) is 10.2 Å². The first kappa shape index (κ1) is 21.5. The topological polar surface area (TPSA) is 58.4 Å². The first-order valence-corrected chi connectivity index (χ1v) is 10.1. The predicted molar refractivity (Wildman–Crippen MR) is 107 cm³/mol. The second-order valence-electron chi connectivity index (χ2n) is 8.70. The van der Waals surface area contributed by atoms with Gasteiger partial charge in [-0.05, 0) is 68.7 Å². The second-order valence-corrected chi connectivity index (χ2v) is 8.70. The summed E-state index contributed by atoms with van der Waals surface area (Å²) in [5.41, 5.74) is 7.06. The van der Waals surface area contributed by atoms with E-state index in [2.05, 4.69) is 10.2 Å². The Kier molecular flexibility index (Phi) is 6.62. The molecule has 0 aromatic heterocycles. The number of fused-ring (bicyclic) bond motifs is 2. The Bertz CT molecular complexity index is 705. The number of hydrogen-bond donors (Lipinski definition) is 2. The molecule has 4 nitrogen and oxygen atoms in total. The van der Waals surface area contributed by atoms with Crippen molar-refractivity contribution in [1.29, 1.82) is 0 Å². The summed E-state index contributed by atoms with van der Waals surface area (Å²) in [4.78, 5) is 15.1. The van der Waals surface area contributed by atoms with E-state index in [4.69, 9.17) is 5.73 Å². The summed E-state index contributed by atoms with van der Waals surface area (Å²) in [5.74, 6) is -0.636. The van der Waals surface area contributed by atoms with Gasteiger partial charge in [-0.15, -0.1) is 12.4 Å². The third kappa shape index (κ3) is 4.05. The van der Waals surface area contributed by atoms with Gasteiger partial charge >= 0.3 is 0 Å². The fourth-order valence-corrected chi connectivity index (χ4v) is 5.58. The number of carbonyl (C=O) groups excluding carboxylic acids is 1. The molecular formula is C21H30ClF2N3O. The lowest BCUT2D eigenvalue weighted by Crippen LogP contribution is -2.50. The van der Waals surface area contributed by atoms with Crippen molar-refractivity contribution in [2.75, 3.05) is 13.6 Å². The van der Waals surface area contributed by atoms with E-state index in [-0.39, 0.29) is 42.4 Å². The number of rotatable bonds is 3. The number of likely N-dealkylation sites (N-methyl/N-ethyl adjacent to an activating group) is 1. The van der Waals surface area contributed by atoms with Crippen molar-refractivity contribution in [3.63, 3.8) is 0 Å². The molecule has 3 aliphatic rings. The molecule has 1 heterocycles. The zero-order valence-corrected chi connectivity index (χ0v) is 17.1. The van der Waals surface area contributed by atoms with Gasteiger partial charge in [-0.25, -0.2) is 8.78 Å². The third-order valence-electron chi connectivity index (χ3n) is 7.05. The monoisotopic (exact) mass is 413 g/mol. The molecule has 1 aromatic rings. The molecule has 4 unspecified atom stereocenters. The van der Waals surface area contributed by atoms with Gasteiger partial charge in [0.15, 0.2) is 11.6 Å². The van der Waals surface area contributed by atoms with Gasteiger partial charge in [-0.3, -0.25) is 9.69 Å². The highest BCUT2D eigenvalue weighted by atomic mass is 35.5. The van der Waals surface area contributed by atoms with Gasteiger partial charge in [0.25, 0.3) is 0 Å². The molecule has 156 valence electrons. The van der Waals surface area contributed by atoms with Crippen LogP contribution < -0.4 is 11.1 Å². The number of likely N-dealkylation sites (tertiary alicyclic amines) is 1. The maximum Gasteiger partial charge on any atom is 0.223 e. The summed E-state index contributed by atoms with van der Waals surface area (Å²) < 4.78 is 27.0. The minimum Gasteiger partial charge on any atom is -0.351 e. The number of nitrogens with one attached hydrogen (secondary N) is 1. The highest BCUT2D eigenvalue weighted by molar-refractivity contribution is 5.85. The molecule has 4 rings (SSSR count). The first-order valence-electron chi connectivity index (χ1n) is 10.1. The standard InChI is InChI=1S/C21H29F2N3O.ClH/c1-26-8-7-18(20(26)14-5-6-16(22)17(23)11-14)25-21(27)15-9-12-3-2-4-13(10-15)19(12)24;/h5-6,11-13,15,18-20H,2-4,7-10,24H2,1H3,(H,25,27);1H. The predicted octanol–water partition coefficient (Wildman–Crippen LogP) is 3.40. The summed E-state index contributed by atoms with van der Waals surface area (Å²) in [5, 5.41) is 3.23. The van der Waals surface area contributed by atoms with E-state index in [0.29, 0.717) is 17.4 Å². The highest BCUT2D eigenvalue weighted by Gasteiger charge is 2.42. The molecule has 3 N–H and O–H groups in total. The Morgan fingerprint density at radius 1 is 1.14 bits per heavy atom. The van der Waals surface area contributed by atoms with E-state index in [1.807, 2.05) is 7.05 Å². The molecule has 4 atom stereocenters. The van der Waals surface area contributed by atoms with Crippen LogP contribution in [0.25, 0.3) is 0 Å². The molecule has 7 heteroatoms. The van der Waals surface area contributed by atoms with Gasteiger partial charge in [0, 0.05) is 24.5 Å². The lowest BCUT2D eigenvalue weighted by atomic mass is 9.65. The van der Waals surface area contributed by atoms with E-state index in [1.54, 1.807) is 6.07 Å². The molecule has 3 fully saturated rings. The molecule has 2 saturated carbocycles. The van der Waals surface area contributed by atoms with Crippen LogP contribution >= 0.6 is 12.4 Å². The van der Waals surface area contributed by atoms with Crippen molar-refractivity contribution in [2.24, 2.45) is 23.5 Å². The van der Waals surface area contributed by atoms with Crippen LogP contribution in [0.5, 0.6) is 0 Å². The summed E-state index contributed by atoms with van der Waals surface area (Å²) in [6.45, 7) is 0.815. The minimum atomic E-state index is -0.843. The largest absolute Gasteiger partial charge is 0.351 e. The van der Waals surface area contributed by atoms with E-state index >= 15 is 0 Å². The molecule has 2 aliphatic carbocycles. The van der Waals surface area contributed by atoms with Gasteiger partial charge in [-0.2, -0.15) is 0 Å². The molecule has 0 spiro atoms. The lowest BCUT2D eigenvalue weighted by molar-refractivity contribution is -0.128. The van der Waals surface area contributed by atoms with Crippen molar-refractivity contribution in [2.45, 2.75) is 56.7 Å². The van der Waals surface area contributed by atoms with Crippen LogP contribution in [0.1, 0.15) is 50.1 Å². The highest BCUT2D eigenvalue weighted by Crippen LogP contribution is 2.42. The fourth-order valence-electron chi connectivity index (χ4n) is 5.58. The molecular weight excluding hydrogens is 384 g/mol. The fraction of sp³-hybridized carbons (Fsp3) is 0.667. The van der Waals surface area contributed by atoms with Crippen molar-refractivity contribution < 1.29 is 13.6 Å². The van der Waals surface area contributed by atoms with Gasteiger partial charge in [0.1, 0.15) is 0 Å². The molecule has 2 bridgehead atoms. The van der Waals surface area contributed by atoms with E-state index in [1.165, 1.54) is 18.6 Å². The zero-order chi connectivity index (χ0) is 19.1. The Morgan fingerprint density at radius 2 is 1.82 bits per heavy atom. The number of benzene rings is 1. The van der Waals surface area contributed by atoms with Crippen LogP contribution in [0.15, 0.2) is 18.2 Å². The van der Waals surface area contributed by atoms with Gasteiger partial charge in [-0.1, -0.05) is 12.5 Å².